The third-order valence-electron chi connectivity index (χ3n) is 6.12. The van der Waals surface area contributed by atoms with Crippen molar-refractivity contribution in [2.75, 3.05) is 33.9 Å². The number of esters is 1. The molecule has 0 saturated carbocycles. The monoisotopic (exact) mass is 468 g/mol. The first-order chi connectivity index (χ1) is 16.5. The summed E-state index contributed by atoms with van der Waals surface area (Å²) in [5.41, 5.74) is 2.57. The Morgan fingerprint density at radius 2 is 1.35 bits per heavy atom. The summed E-state index contributed by atoms with van der Waals surface area (Å²) in [6.45, 7) is 4.03. The Morgan fingerprint density at radius 3 is 2.00 bits per heavy atom. The fraction of sp³-hybridized carbons (Fsp3) is 0.567. The quantitative estimate of drug-likeness (QED) is 0.135. The Bertz CT molecular complexity index is 786. The van der Waals surface area contributed by atoms with Crippen LogP contribution in [-0.2, 0) is 22.5 Å². The van der Waals surface area contributed by atoms with Crippen molar-refractivity contribution in [3.05, 3.63) is 65.7 Å². The SMILES string of the molecule is CCCCCCCCCCCc1ccc(OCCOC(=O)C[N+](C)(C)Cc2ccccc2)cc1. The van der Waals surface area contributed by atoms with Crippen LogP contribution in [0.15, 0.2) is 54.6 Å². The van der Waals surface area contributed by atoms with Crippen molar-refractivity contribution in [3.8, 4) is 5.75 Å². The highest BCUT2D eigenvalue weighted by Gasteiger charge is 2.21. The Labute approximate surface area is 207 Å². The lowest BCUT2D eigenvalue weighted by Gasteiger charge is -2.28. The van der Waals surface area contributed by atoms with E-state index >= 15 is 0 Å². The highest BCUT2D eigenvalue weighted by Crippen LogP contribution is 2.16. The topological polar surface area (TPSA) is 35.5 Å². The molecule has 0 aromatic heterocycles. The summed E-state index contributed by atoms with van der Waals surface area (Å²) in [5, 5.41) is 0. The molecule has 0 aliphatic heterocycles. The molecule has 0 aliphatic carbocycles. The van der Waals surface area contributed by atoms with E-state index in [0.29, 0.717) is 17.6 Å². The molecule has 4 nitrogen and oxygen atoms in total. The van der Waals surface area contributed by atoms with Crippen LogP contribution in [0.1, 0.15) is 75.8 Å². The molecule has 0 fully saturated rings. The summed E-state index contributed by atoms with van der Waals surface area (Å²) < 4.78 is 11.7. The van der Waals surface area contributed by atoms with E-state index in [2.05, 4.69) is 31.2 Å². The molecule has 0 radical (unpaired) electrons. The zero-order valence-corrected chi connectivity index (χ0v) is 21.8. The summed E-state index contributed by atoms with van der Waals surface area (Å²) in [6, 6.07) is 18.6. The Morgan fingerprint density at radius 1 is 0.735 bits per heavy atom. The molecular formula is C30H46NO3+. The third-order valence-corrected chi connectivity index (χ3v) is 6.12. The van der Waals surface area contributed by atoms with Gasteiger partial charge in [-0.1, -0.05) is 101 Å². The molecule has 0 N–H and O–H groups in total. The lowest BCUT2D eigenvalue weighted by atomic mass is 10.0. The van der Waals surface area contributed by atoms with Crippen molar-refractivity contribution in [1.82, 2.24) is 0 Å². The molecule has 0 bridgehead atoms. The van der Waals surface area contributed by atoms with Gasteiger partial charge >= 0.3 is 5.97 Å². The number of quaternary nitrogens is 1. The average Bonchev–Trinajstić information content (AvgIpc) is 2.81. The number of carbonyl (C=O) groups is 1. The Balaban J connectivity index is 1.53. The zero-order valence-electron chi connectivity index (χ0n) is 21.8. The van der Waals surface area contributed by atoms with E-state index in [9.17, 15) is 4.79 Å². The average molecular weight is 469 g/mol. The van der Waals surface area contributed by atoms with E-state index in [1.54, 1.807) is 0 Å². The third kappa shape index (κ3) is 12.8. The molecule has 0 heterocycles. The number of nitrogens with zero attached hydrogens (tertiary/aromatic N) is 1. The first kappa shape index (κ1) is 27.9. The van der Waals surface area contributed by atoms with Crippen LogP contribution in [-0.4, -0.2) is 44.3 Å². The van der Waals surface area contributed by atoms with Gasteiger partial charge in [-0.25, -0.2) is 4.79 Å². The van der Waals surface area contributed by atoms with Gasteiger partial charge in [-0.2, -0.15) is 0 Å². The molecule has 188 valence electrons. The van der Waals surface area contributed by atoms with Crippen LogP contribution in [0.25, 0.3) is 0 Å². The summed E-state index contributed by atoms with van der Waals surface area (Å²) in [5.74, 6) is 0.632. The van der Waals surface area contributed by atoms with Gasteiger partial charge in [-0.15, -0.1) is 0 Å². The van der Waals surface area contributed by atoms with E-state index in [-0.39, 0.29) is 12.6 Å². The van der Waals surface area contributed by atoms with Crippen LogP contribution in [0.2, 0.25) is 0 Å². The van der Waals surface area contributed by atoms with Gasteiger partial charge < -0.3 is 14.0 Å². The maximum atomic E-state index is 12.2. The van der Waals surface area contributed by atoms with Crippen LogP contribution >= 0.6 is 0 Å². The molecule has 0 aliphatic rings. The highest BCUT2D eigenvalue weighted by molar-refractivity contribution is 5.70. The Kier molecular flexibility index (Phi) is 13.4. The minimum absolute atomic E-state index is 0.194. The second-order valence-electron chi connectivity index (χ2n) is 10.0. The molecule has 0 atom stereocenters. The van der Waals surface area contributed by atoms with Gasteiger partial charge in [0.25, 0.3) is 0 Å². The summed E-state index contributed by atoms with van der Waals surface area (Å²) in [4.78, 5) is 12.2. The van der Waals surface area contributed by atoms with Crippen LogP contribution in [0.4, 0.5) is 0 Å². The lowest BCUT2D eigenvalue weighted by Crippen LogP contribution is -2.43. The number of carbonyl (C=O) groups excluding carboxylic acids is 1. The summed E-state index contributed by atoms with van der Waals surface area (Å²) in [7, 11) is 4.09. The number of hydrogen-bond donors (Lipinski definition) is 0. The first-order valence-electron chi connectivity index (χ1n) is 13.2. The largest absolute Gasteiger partial charge is 0.490 e. The van der Waals surface area contributed by atoms with E-state index in [0.717, 1.165) is 18.7 Å². The van der Waals surface area contributed by atoms with Crippen molar-refractivity contribution >= 4 is 5.97 Å². The molecule has 0 amide bonds. The van der Waals surface area contributed by atoms with Gasteiger partial charge in [0.1, 0.15) is 25.5 Å². The second kappa shape index (κ2) is 16.3. The first-order valence-corrected chi connectivity index (χ1v) is 13.2. The van der Waals surface area contributed by atoms with Crippen molar-refractivity contribution in [1.29, 1.82) is 0 Å². The van der Waals surface area contributed by atoms with Crippen molar-refractivity contribution in [2.45, 2.75) is 77.7 Å². The van der Waals surface area contributed by atoms with E-state index in [4.69, 9.17) is 9.47 Å². The van der Waals surface area contributed by atoms with Gasteiger partial charge in [0.15, 0.2) is 6.54 Å². The van der Waals surface area contributed by atoms with Gasteiger partial charge in [0.05, 0.1) is 14.1 Å². The molecule has 34 heavy (non-hydrogen) atoms. The fourth-order valence-corrected chi connectivity index (χ4v) is 4.24. The van der Waals surface area contributed by atoms with Crippen molar-refractivity contribution in [3.63, 3.8) is 0 Å². The van der Waals surface area contributed by atoms with Crippen LogP contribution in [0.3, 0.4) is 0 Å². The molecule has 2 aromatic carbocycles. The number of likely N-dealkylation sites (N-methyl/N-ethyl adjacent to an activating group) is 1. The molecule has 0 saturated heterocycles. The minimum Gasteiger partial charge on any atom is -0.490 e. The standard InChI is InChI=1S/C30H46NO3/c1-4-5-6-7-8-9-10-11-13-16-27-19-21-29(22-20-27)33-23-24-34-30(32)26-31(2,3)25-28-17-14-12-15-18-28/h12,14-15,17-22H,4-11,13,16,23-26H2,1-3H3/q+1. The van der Waals surface area contributed by atoms with Crippen molar-refractivity contribution in [2.24, 2.45) is 0 Å². The van der Waals surface area contributed by atoms with Crippen LogP contribution in [0, 0.1) is 0 Å². The molecule has 2 aromatic rings. The normalized spacial score (nSPS) is 11.4. The predicted molar refractivity (Wildman–Crippen MR) is 141 cm³/mol. The number of aryl methyl sites for hydroxylation is 1. The van der Waals surface area contributed by atoms with Gasteiger partial charge in [-0.05, 0) is 30.5 Å². The maximum Gasteiger partial charge on any atom is 0.361 e. The minimum atomic E-state index is -0.194. The van der Waals surface area contributed by atoms with Gasteiger partial charge in [0.2, 0.25) is 0 Å². The summed E-state index contributed by atoms with van der Waals surface area (Å²) >= 11 is 0. The highest BCUT2D eigenvalue weighted by atomic mass is 16.6. The van der Waals surface area contributed by atoms with Crippen LogP contribution in [0.5, 0.6) is 5.75 Å². The Hall–Kier alpha value is -2.33. The van der Waals surface area contributed by atoms with Gasteiger partial charge in [0, 0.05) is 5.56 Å². The molecule has 0 unspecified atom stereocenters. The number of unbranched alkanes of at least 4 members (excludes halogenated alkanes) is 8. The molecule has 4 heteroatoms. The number of benzene rings is 2. The molecule has 2 rings (SSSR count). The van der Waals surface area contributed by atoms with E-state index in [1.807, 2.05) is 44.4 Å². The van der Waals surface area contributed by atoms with Crippen LogP contribution < -0.4 is 4.74 Å². The summed E-state index contributed by atoms with van der Waals surface area (Å²) in [6.07, 6.45) is 13.3. The predicted octanol–water partition coefficient (Wildman–Crippen LogP) is 6.96. The lowest BCUT2D eigenvalue weighted by molar-refractivity contribution is -0.896. The van der Waals surface area contributed by atoms with Gasteiger partial charge in [-0.3, -0.25) is 0 Å². The van der Waals surface area contributed by atoms with Crippen molar-refractivity contribution < 1.29 is 18.8 Å². The smallest absolute Gasteiger partial charge is 0.361 e. The molecule has 0 spiro atoms. The fourth-order valence-electron chi connectivity index (χ4n) is 4.24. The number of hydrogen-bond acceptors (Lipinski definition) is 3. The number of rotatable bonds is 18. The van der Waals surface area contributed by atoms with E-state index < -0.39 is 0 Å². The van der Waals surface area contributed by atoms with E-state index in [1.165, 1.54) is 68.9 Å². The second-order valence-corrected chi connectivity index (χ2v) is 10.0. The zero-order chi connectivity index (χ0) is 24.5. The number of ether oxygens (including phenoxy) is 2. The maximum absolute atomic E-state index is 12.2. The molecular weight excluding hydrogens is 422 g/mol.